The molecule has 0 aliphatic carbocycles. The van der Waals surface area contributed by atoms with Crippen molar-refractivity contribution in [1.82, 2.24) is 0 Å². The lowest BCUT2D eigenvalue weighted by Crippen LogP contribution is -1.98. The van der Waals surface area contributed by atoms with E-state index in [4.69, 9.17) is 11.0 Å². The summed E-state index contributed by atoms with van der Waals surface area (Å²) in [5.74, 6) is 0. The number of nitrogens with two attached hydrogens (primary N) is 1. The maximum absolute atomic E-state index is 8.44. The number of hydrogen-bond donors (Lipinski definition) is 1. The molecule has 1 aromatic carbocycles. The predicted octanol–water partition coefficient (Wildman–Crippen LogP) is 2.62. The predicted molar refractivity (Wildman–Crippen MR) is 57.4 cm³/mol. The van der Waals surface area contributed by atoms with Crippen LogP contribution in [0.2, 0.25) is 0 Å². The molecule has 0 spiro atoms. The Morgan fingerprint density at radius 2 is 2.08 bits per heavy atom. The lowest BCUT2D eigenvalue weighted by Gasteiger charge is -2.07. The van der Waals surface area contributed by atoms with Gasteiger partial charge in [-0.3, -0.25) is 0 Å². The van der Waals surface area contributed by atoms with Gasteiger partial charge in [-0.25, -0.2) is 0 Å². The molecule has 0 atom stereocenters. The molecule has 1 rings (SSSR count). The molecule has 0 heterocycles. The number of hydrogen-bond acceptors (Lipinski definition) is 2. The van der Waals surface area contributed by atoms with Gasteiger partial charge in [0.05, 0.1) is 6.07 Å². The van der Waals surface area contributed by atoms with Crippen LogP contribution in [0.3, 0.4) is 0 Å². The van der Waals surface area contributed by atoms with Crippen molar-refractivity contribution in [1.29, 1.82) is 5.26 Å². The molecule has 2 nitrogen and oxygen atoms in total. The average Bonchev–Trinajstić information content (AvgIpc) is 2.16. The summed E-state index contributed by atoms with van der Waals surface area (Å²) in [6.45, 7) is 0. The van der Waals surface area contributed by atoms with Crippen molar-refractivity contribution in [2.45, 2.75) is 18.2 Å². The van der Waals surface area contributed by atoms with Crippen LogP contribution in [-0.2, 0) is 11.8 Å². The molecular weight excluding hydrogens is 228 g/mol. The zero-order valence-electron chi connectivity index (χ0n) is 7.26. The molecule has 1 aromatic rings. The van der Waals surface area contributed by atoms with Crippen molar-refractivity contribution in [2.24, 2.45) is 0 Å². The number of halogens is 1. The van der Waals surface area contributed by atoms with Crippen LogP contribution in [0.1, 0.15) is 17.5 Å². The van der Waals surface area contributed by atoms with E-state index in [1.807, 2.05) is 18.2 Å². The summed E-state index contributed by atoms with van der Waals surface area (Å²) in [6.07, 6.45) is 1.26. The summed E-state index contributed by atoms with van der Waals surface area (Å²) in [6, 6.07) is 8.04. The number of rotatable bonds is 3. The minimum atomic E-state index is 0.524. The van der Waals surface area contributed by atoms with Crippen LogP contribution in [0.25, 0.3) is 0 Å². The van der Waals surface area contributed by atoms with Crippen LogP contribution in [0.15, 0.2) is 18.2 Å². The van der Waals surface area contributed by atoms with Crippen LogP contribution in [0.4, 0.5) is 5.69 Å². The molecule has 0 aliphatic rings. The second-order valence-electron chi connectivity index (χ2n) is 2.78. The van der Waals surface area contributed by atoms with Crippen LogP contribution in [0.5, 0.6) is 0 Å². The molecule has 0 aliphatic heterocycles. The van der Waals surface area contributed by atoms with E-state index in [1.54, 1.807) is 0 Å². The summed E-state index contributed by atoms with van der Waals surface area (Å²) >= 11 is 3.37. The lowest BCUT2D eigenvalue weighted by molar-refractivity contribution is 1.01. The first kappa shape index (κ1) is 10.1. The minimum absolute atomic E-state index is 0.524. The topological polar surface area (TPSA) is 49.8 Å². The van der Waals surface area contributed by atoms with E-state index in [9.17, 15) is 0 Å². The molecule has 0 aromatic heterocycles. The van der Waals surface area contributed by atoms with Crippen molar-refractivity contribution >= 4 is 21.6 Å². The first-order valence-electron chi connectivity index (χ1n) is 4.08. The highest BCUT2D eigenvalue weighted by molar-refractivity contribution is 9.08. The van der Waals surface area contributed by atoms with Gasteiger partial charge in [-0.05, 0) is 17.5 Å². The van der Waals surface area contributed by atoms with Crippen LogP contribution in [-0.4, -0.2) is 0 Å². The third-order valence-electron chi connectivity index (χ3n) is 1.94. The van der Waals surface area contributed by atoms with Crippen molar-refractivity contribution in [3.8, 4) is 6.07 Å². The highest BCUT2D eigenvalue weighted by Crippen LogP contribution is 2.20. The fourth-order valence-corrected chi connectivity index (χ4v) is 1.68. The van der Waals surface area contributed by atoms with E-state index in [0.29, 0.717) is 6.42 Å². The molecular formula is C10H11BrN2. The average molecular weight is 239 g/mol. The molecule has 0 fully saturated rings. The smallest absolute Gasteiger partial charge is 0.0625 e. The third kappa shape index (κ3) is 2.46. The number of nitrogens with zero attached hydrogens (tertiary/aromatic N) is 1. The maximum atomic E-state index is 8.44. The highest BCUT2D eigenvalue weighted by atomic mass is 79.9. The van der Waals surface area contributed by atoms with Crippen LogP contribution in [0, 0.1) is 11.3 Å². The van der Waals surface area contributed by atoms with Gasteiger partial charge >= 0.3 is 0 Å². The van der Waals surface area contributed by atoms with Gasteiger partial charge in [0.25, 0.3) is 0 Å². The van der Waals surface area contributed by atoms with Crippen LogP contribution >= 0.6 is 15.9 Å². The van der Waals surface area contributed by atoms with Gasteiger partial charge in [-0.15, -0.1) is 0 Å². The second-order valence-corrected chi connectivity index (χ2v) is 3.34. The Bertz CT molecular complexity index is 328. The second kappa shape index (κ2) is 4.88. The largest absolute Gasteiger partial charge is 0.398 e. The Balaban J connectivity index is 2.89. The number of benzene rings is 1. The van der Waals surface area contributed by atoms with E-state index in [2.05, 4.69) is 22.0 Å². The summed E-state index contributed by atoms with van der Waals surface area (Å²) in [5.41, 5.74) is 8.87. The van der Waals surface area contributed by atoms with E-state index in [1.165, 1.54) is 0 Å². The van der Waals surface area contributed by atoms with Gasteiger partial charge in [-0.1, -0.05) is 34.1 Å². The molecule has 0 amide bonds. The Morgan fingerprint density at radius 3 is 2.69 bits per heavy atom. The molecule has 0 unspecified atom stereocenters. The quantitative estimate of drug-likeness (QED) is 0.651. The van der Waals surface area contributed by atoms with Gasteiger partial charge in [0.2, 0.25) is 0 Å². The van der Waals surface area contributed by atoms with Crippen molar-refractivity contribution in [3.63, 3.8) is 0 Å². The number of anilines is 1. The normalized spacial score (nSPS) is 9.54. The van der Waals surface area contributed by atoms with E-state index >= 15 is 0 Å². The molecule has 0 radical (unpaired) electrons. The molecule has 0 saturated carbocycles. The monoisotopic (exact) mass is 238 g/mol. The first-order valence-corrected chi connectivity index (χ1v) is 5.21. The fraction of sp³-hybridized carbons (Fsp3) is 0.300. The van der Waals surface area contributed by atoms with Gasteiger partial charge in [0, 0.05) is 17.4 Å². The summed E-state index contributed by atoms with van der Waals surface area (Å²) < 4.78 is 0. The van der Waals surface area contributed by atoms with Gasteiger partial charge in [0.1, 0.15) is 0 Å². The van der Waals surface area contributed by atoms with Crippen LogP contribution < -0.4 is 5.73 Å². The van der Waals surface area contributed by atoms with Gasteiger partial charge < -0.3 is 5.73 Å². The molecule has 2 N–H and O–H groups in total. The Kier molecular flexibility index (Phi) is 3.78. The zero-order valence-corrected chi connectivity index (χ0v) is 8.84. The van der Waals surface area contributed by atoms with Crippen molar-refractivity contribution in [2.75, 3.05) is 5.73 Å². The van der Waals surface area contributed by atoms with E-state index < -0.39 is 0 Å². The Morgan fingerprint density at radius 1 is 1.38 bits per heavy atom. The summed E-state index contributed by atoms with van der Waals surface area (Å²) in [4.78, 5) is 0. The van der Waals surface area contributed by atoms with E-state index in [0.717, 1.165) is 28.6 Å². The van der Waals surface area contributed by atoms with E-state index in [-0.39, 0.29) is 0 Å². The third-order valence-corrected chi connectivity index (χ3v) is 2.54. The molecule has 68 valence electrons. The standard InChI is InChI=1S/C10H11BrN2/c11-7-9-4-1-3-8(10(9)13)5-2-6-12/h1,3-4H,2,5,7,13H2. The van der Waals surface area contributed by atoms with Gasteiger partial charge in [-0.2, -0.15) is 5.26 Å². The molecule has 13 heavy (non-hydrogen) atoms. The summed E-state index contributed by atoms with van der Waals surface area (Å²) in [5, 5.41) is 9.21. The summed E-state index contributed by atoms with van der Waals surface area (Å²) in [7, 11) is 0. The number of nitriles is 1. The number of aryl methyl sites for hydroxylation is 1. The number of para-hydroxylation sites is 1. The highest BCUT2D eigenvalue weighted by Gasteiger charge is 2.02. The maximum Gasteiger partial charge on any atom is 0.0625 e. The van der Waals surface area contributed by atoms with Gasteiger partial charge in [0.15, 0.2) is 0 Å². The van der Waals surface area contributed by atoms with Crippen molar-refractivity contribution in [3.05, 3.63) is 29.3 Å². The molecule has 0 bridgehead atoms. The molecule has 0 saturated heterocycles. The lowest BCUT2D eigenvalue weighted by atomic mass is 10.0. The Labute approximate surface area is 86.5 Å². The van der Waals surface area contributed by atoms with Crippen molar-refractivity contribution < 1.29 is 0 Å². The Hall–Kier alpha value is -1.01. The fourth-order valence-electron chi connectivity index (χ4n) is 1.19. The minimum Gasteiger partial charge on any atom is -0.398 e. The zero-order chi connectivity index (χ0) is 9.68. The SMILES string of the molecule is N#CCCc1cccc(CBr)c1N. The number of alkyl halides is 1. The first-order chi connectivity index (χ1) is 6.29. The molecule has 3 heteroatoms. The number of nitrogen functional groups attached to an aromatic ring is 1.